The molecule has 0 aliphatic carbocycles. The molecule has 4 heterocycles. The van der Waals surface area contributed by atoms with E-state index in [4.69, 9.17) is 10.5 Å². The number of nitrogens with zero attached hydrogens (tertiary/aromatic N) is 3. The Morgan fingerprint density at radius 2 is 2.08 bits per heavy atom. The van der Waals surface area contributed by atoms with E-state index in [0.717, 1.165) is 59.0 Å². The number of thiophene rings is 1. The van der Waals surface area contributed by atoms with Gasteiger partial charge in [0, 0.05) is 35.5 Å². The number of thiazole rings is 1. The standard InChI is InChI=1S/C26H31N5O4S3/c1-2-35-13-12-31(38(33,34)23-7-4-14-36-23)22-6-3-5-19-15-21(29-24(19)22)26-28-16-20(37-26)17-30-10-8-18(9-11-30)25(27)32/h3-7,14-16,18,29H,2,8-13,17H2,1H3,(H2,27,32). The molecule has 3 aromatic heterocycles. The Hall–Kier alpha value is -2.77. The largest absolute Gasteiger partial charge is 0.380 e. The smallest absolute Gasteiger partial charge is 0.273 e. The summed E-state index contributed by atoms with van der Waals surface area (Å²) < 4.78 is 34.4. The number of nitrogens with two attached hydrogens (primary N) is 1. The van der Waals surface area contributed by atoms with Crippen LogP contribution in [0.3, 0.4) is 0 Å². The Morgan fingerprint density at radius 3 is 2.79 bits per heavy atom. The van der Waals surface area contributed by atoms with Crippen molar-refractivity contribution in [2.24, 2.45) is 11.7 Å². The van der Waals surface area contributed by atoms with Gasteiger partial charge >= 0.3 is 0 Å². The molecule has 0 unspecified atom stereocenters. The number of para-hydroxylation sites is 1. The summed E-state index contributed by atoms with van der Waals surface area (Å²) in [5, 5.41) is 3.52. The van der Waals surface area contributed by atoms with E-state index in [1.165, 1.54) is 15.6 Å². The Bertz CT molecular complexity index is 1490. The van der Waals surface area contributed by atoms with Crippen molar-refractivity contribution in [3.8, 4) is 10.7 Å². The van der Waals surface area contributed by atoms with Crippen LogP contribution in [0.5, 0.6) is 0 Å². The molecule has 9 nitrogen and oxygen atoms in total. The van der Waals surface area contributed by atoms with Crippen LogP contribution in [-0.2, 0) is 26.1 Å². The summed E-state index contributed by atoms with van der Waals surface area (Å²) >= 11 is 2.81. The second-order valence-corrected chi connectivity index (χ2v) is 13.4. The van der Waals surface area contributed by atoms with Gasteiger partial charge in [-0.15, -0.1) is 22.7 Å². The molecule has 1 aliphatic heterocycles. The first kappa shape index (κ1) is 26.8. The lowest BCUT2D eigenvalue weighted by Gasteiger charge is -2.29. The van der Waals surface area contributed by atoms with Crippen molar-refractivity contribution in [1.29, 1.82) is 0 Å². The number of likely N-dealkylation sites (tertiary alicyclic amines) is 1. The zero-order valence-corrected chi connectivity index (χ0v) is 23.6. The first-order chi connectivity index (χ1) is 18.4. The van der Waals surface area contributed by atoms with E-state index in [0.29, 0.717) is 16.5 Å². The molecule has 3 N–H and O–H groups in total. The Balaban J connectivity index is 1.40. The van der Waals surface area contributed by atoms with Crippen LogP contribution in [0.15, 0.2) is 52.2 Å². The Morgan fingerprint density at radius 1 is 1.26 bits per heavy atom. The fraction of sp³-hybridized carbons (Fsp3) is 0.385. The van der Waals surface area contributed by atoms with E-state index in [9.17, 15) is 13.2 Å². The number of aromatic nitrogens is 2. The maximum absolute atomic E-state index is 13.6. The van der Waals surface area contributed by atoms with Gasteiger partial charge in [0.2, 0.25) is 5.91 Å². The molecule has 12 heteroatoms. The van der Waals surface area contributed by atoms with Gasteiger partial charge in [-0.3, -0.25) is 14.0 Å². The lowest BCUT2D eigenvalue weighted by molar-refractivity contribution is -0.123. The third-order valence-electron chi connectivity index (χ3n) is 6.74. The molecule has 1 saturated heterocycles. The summed E-state index contributed by atoms with van der Waals surface area (Å²) in [6.45, 7) is 5.35. The summed E-state index contributed by atoms with van der Waals surface area (Å²) in [6.07, 6.45) is 3.47. The Kier molecular flexibility index (Phi) is 8.15. The van der Waals surface area contributed by atoms with E-state index in [1.54, 1.807) is 28.8 Å². The second kappa shape index (κ2) is 11.5. The molecule has 1 amide bonds. The average molecular weight is 574 g/mol. The first-order valence-corrected chi connectivity index (χ1v) is 15.7. The SMILES string of the molecule is CCOCCN(c1cccc2cc(-c3ncc(CN4CCC(C(N)=O)CC4)s3)[nH]c12)S(=O)(=O)c1cccs1. The molecule has 1 aliphatic rings. The van der Waals surface area contributed by atoms with Crippen LogP contribution in [0.2, 0.25) is 0 Å². The summed E-state index contributed by atoms with van der Waals surface area (Å²) in [5.74, 6) is -0.233. The number of ether oxygens (including phenoxy) is 1. The number of benzene rings is 1. The number of H-pyrrole nitrogens is 1. The molecule has 202 valence electrons. The van der Waals surface area contributed by atoms with Gasteiger partial charge in [-0.1, -0.05) is 18.2 Å². The summed E-state index contributed by atoms with van der Waals surface area (Å²) in [7, 11) is -3.76. The lowest BCUT2D eigenvalue weighted by Crippen LogP contribution is -2.37. The third kappa shape index (κ3) is 5.64. The van der Waals surface area contributed by atoms with Crippen LogP contribution in [-0.4, -0.2) is 62.0 Å². The maximum atomic E-state index is 13.6. The van der Waals surface area contributed by atoms with Crippen molar-refractivity contribution < 1.29 is 17.9 Å². The number of hydrogen-bond acceptors (Lipinski definition) is 8. The molecular weight excluding hydrogens is 543 g/mol. The van der Waals surface area contributed by atoms with Crippen LogP contribution in [0.25, 0.3) is 21.6 Å². The van der Waals surface area contributed by atoms with Gasteiger partial charge < -0.3 is 15.5 Å². The fourth-order valence-corrected chi connectivity index (χ4v) is 8.24. The van der Waals surface area contributed by atoms with Crippen molar-refractivity contribution in [3.63, 3.8) is 0 Å². The summed E-state index contributed by atoms with van der Waals surface area (Å²) in [6, 6.07) is 11.0. The summed E-state index contributed by atoms with van der Waals surface area (Å²) in [5.41, 5.74) is 7.62. The van der Waals surface area contributed by atoms with Gasteiger partial charge in [0.05, 0.1) is 30.0 Å². The number of rotatable bonds is 11. The number of carbonyl (C=O) groups excluding carboxylic acids is 1. The van der Waals surface area contributed by atoms with Gasteiger partial charge in [0.1, 0.15) is 9.22 Å². The number of primary amides is 1. The van der Waals surface area contributed by atoms with Crippen LogP contribution in [0.4, 0.5) is 5.69 Å². The molecule has 1 aromatic carbocycles. The first-order valence-electron chi connectivity index (χ1n) is 12.6. The van der Waals surface area contributed by atoms with Crippen LogP contribution in [0, 0.1) is 5.92 Å². The van der Waals surface area contributed by atoms with Crippen LogP contribution in [0.1, 0.15) is 24.6 Å². The predicted octanol–water partition coefficient (Wildman–Crippen LogP) is 4.28. The fourth-order valence-electron chi connectivity index (χ4n) is 4.75. The van der Waals surface area contributed by atoms with Crippen molar-refractivity contribution in [2.75, 3.05) is 37.2 Å². The minimum absolute atomic E-state index is 0.0273. The van der Waals surface area contributed by atoms with Gasteiger partial charge in [-0.2, -0.15) is 0 Å². The van der Waals surface area contributed by atoms with Gasteiger partial charge in [-0.05, 0) is 56.4 Å². The number of piperidine rings is 1. The normalized spacial score (nSPS) is 15.3. The monoisotopic (exact) mass is 573 g/mol. The number of nitrogens with one attached hydrogen (secondary N) is 1. The number of sulfonamides is 1. The zero-order valence-electron chi connectivity index (χ0n) is 21.1. The number of carbonyl (C=O) groups is 1. The van der Waals surface area contributed by atoms with Crippen molar-refractivity contribution >= 4 is 55.2 Å². The minimum Gasteiger partial charge on any atom is -0.380 e. The van der Waals surface area contributed by atoms with Crippen molar-refractivity contribution in [1.82, 2.24) is 14.9 Å². The highest BCUT2D eigenvalue weighted by atomic mass is 32.2. The second-order valence-electron chi connectivity index (χ2n) is 9.22. The van der Waals surface area contributed by atoms with Crippen LogP contribution >= 0.6 is 22.7 Å². The number of anilines is 1. The summed E-state index contributed by atoms with van der Waals surface area (Å²) in [4.78, 5) is 23.0. The molecule has 0 spiro atoms. The van der Waals surface area contributed by atoms with E-state index >= 15 is 0 Å². The van der Waals surface area contributed by atoms with E-state index in [-0.39, 0.29) is 25.0 Å². The van der Waals surface area contributed by atoms with Crippen molar-refractivity contribution in [2.45, 2.75) is 30.5 Å². The van der Waals surface area contributed by atoms with E-state index < -0.39 is 10.0 Å². The average Bonchev–Trinajstić information content (AvgIpc) is 3.68. The molecule has 1 fully saturated rings. The molecule has 0 bridgehead atoms. The highest BCUT2D eigenvalue weighted by Gasteiger charge is 2.28. The molecule has 38 heavy (non-hydrogen) atoms. The van der Waals surface area contributed by atoms with Gasteiger partial charge in [0.15, 0.2) is 0 Å². The zero-order chi connectivity index (χ0) is 26.7. The molecule has 4 aromatic rings. The van der Waals surface area contributed by atoms with Crippen LogP contribution < -0.4 is 10.0 Å². The highest BCUT2D eigenvalue weighted by molar-refractivity contribution is 7.94. The predicted molar refractivity (Wildman–Crippen MR) is 152 cm³/mol. The quantitative estimate of drug-likeness (QED) is 0.258. The maximum Gasteiger partial charge on any atom is 0.273 e. The van der Waals surface area contributed by atoms with Gasteiger partial charge in [0.25, 0.3) is 10.0 Å². The van der Waals surface area contributed by atoms with Gasteiger partial charge in [-0.25, -0.2) is 13.4 Å². The molecule has 0 saturated carbocycles. The Labute approximate surface area is 230 Å². The number of hydrogen-bond donors (Lipinski definition) is 2. The lowest BCUT2D eigenvalue weighted by atomic mass is 9.96. The molecule has 5 rings (SSSR count). The van der Waals surface area contributed by atoms with E-state index in [2.05, 4.69) is 14.9 Å². The molecule has 0 atom stereocenters. The highest BCUT2D eigenvalue weighted by Crippen LogP contribution is 2.35. The number of aromatic amines is 1. The minimum atomic E-state index is -3.76. The molecular formula is C26H31N5O4S3. The topological polar surface area (TPSA) is 122 Å². The van der Waals surface area contributed by atoms with Crippen molar-refractivity contribution in [3.05, 3.63) is 52.9 Å². The third-order valence-corrected chi connectivity index (χ3v) is 10.9. The van der Waals surface area contributed by atoms with E-state index in [1.807, 2.05) is 37.4 Å². The molecule has 0 radical (unpaired) electrons. The number of amides is 1. The number of fused-ring (bicyclic) bond motifs is 1.